The maximum Gasteiger partial charge on any atom is 0.239 e. The smallest absolute Gasteiger partial charge is 0.239 e. The normalized spacial score (nSPS) is 10.2. The van der Waals surface area contributed by atoms with E-state index in [9.17, 15) is 4.79 Å². The Morgan fingerprint density at radius 3 is 2.89 bits per heavy atom. The molecule has 18 heavy (non-hydrogen) atoms. The molecular formula is C11H19N5O2. The van der Waals surface area contributed by atoms with Gasteiger partial charge in [-0.2, -0.15) is 0 Å². The predicted octanol–water partition coefficient (Wildman–Crippen LogP) is -0.222. The lowest BCUT2D eigenvalue weighted by atomic mass is 10.4. The minimum absolute atomic E-state index is 0.0963. The van der Waals surface area contributed by atoms with Crippen LogP contribution in [0.25, 0.3) is 0 Å². The number of nitrogens with one attached hydrogen (secondary N) is 1. The molecule has 0 fully saturated rings. The second kappa shape index (κ2) is 6.75. The number of carbonyl (C=O) groups is 1. The number of aromatic nitrogens is 2. The summed E-state index contributed by atoms with van der Waals surface area (Å²) in [6.07, 6.45) is 0. The summed E-state index contributed by atoms with van der Waals surface area (Å²) in [5, 5.41) is 2.55. The van der Waals surface area contributed by atoms with Crippen LogP contribution in [0.2, 0.25) is 0 Å². The first-order chi connectivity index (χ1) is 8.56. The highest BCUT2D eigenvalue weighted by Gasteiger charge is 2.10. The Morgan fingerprint density at radius 2 is 2.28 bits per heavy atom. The lowest BCUT2D eigenvalue weighted by Crippen LogP contribution is -2.33. The molecule has 100 valence electrons. The molecule has 1 amide bonds. The zero-order valence-corrected chi connectivity index (χ0v) is 10.9. The highest BCUT2D eigenvalue weighted by molar-refractivity contribution is 5.80. The number of nitrogens with two attached hydrogens (primary N) is 1. The van der Waals surface area contributed by atoms with Gasteiger partial charge in [0, 0.05) is 26.8 Å². The fraction of sp³-hybridized carbons (Fsp3) is 0.545. The van der Waals surface area contributed by atoms with E-state index in [0.29, 0.717) is 30.7 Å². The van der Waals surface area contributed by atoms with Crippen LogP contribution in [0.5, 0.6) is 0 Å². The minimum atomic E-state index is -0.0963. The van der Waals surface area contributed by atoms with E-state index in [2.05, 4.69) is 15.3 Å². The van der Waals surface area contributed by atoms with Crippen molar-refractivity contribution in [2.75, 3.05) is 37.9 Å². The van der Waals surface area contributed by atoms with Gasteiger partial charge < -0.3 is 20.7 Å². The molecule has 0 aromatic carbocycles. The molecule has 0 aliphatic carbocycles. The van der Waals surface area contributed by atoms with Gasteiger partial charge in [0.15, 0.2) is 5.82 Å². The van der Waals surface area contributed by atoms with E-state index in [4.69, 9.17) is 10.5 Å². The van der Waals surface area contributed by atoms with Crippen molar-refractivity contribution in [3.63, 3.8) is 0 Å². The van der Waals surface area contributed by atoms with E-state index < -0.39 is 0 Å². The van der Waals surface area contributed by atoms with E-state index >= 15 is 0 Å². The molecule has 0 atom stereocenters. The average Bonchev–Trinajstić information content (AvgIpc) is 2.35. The largest absolute Gasteiger partial charge is 0.384 e. The van der Waals surface area contributed by atoms with Gasteiger partial charge in [0.25, 0.3) is 0 Å². The van der Waals surface area contributed by atoms with Crippen LogP contribution in [-0.4, -0.2) is 43.1 Å². The molecule has 1 rings (SSSR count). The third kappa shape index (κ3) is 4.17. The molecule has 1 heterocycles. The van der Waals surface area contributed by atoms with Crippen LogP contribution in [0, 0.1) is 0 Å². The van der Waals surface area contributed by atoms with Crippen molar-refractivity contribution in [2.24, 2.45) is 0 Å². The topological polar surface area (TPSA) is 93.4 Å². The van der Waals surface area contributed by atoms with E-state index in [1.54, 1.807) is 25.1 Å². The number of carbonyl (C=O) groups excluding carboxylic acids is 1. The number of nitrogen functional groups attached to an aromatic ring is 1. The zero-order chi connectivity index (χ0) is 13.5. The van der Waals surface area contributed by atoms with Crippen LogP contribution in [0.3, 0.4) is 0 Å². The summed E-state index contributed by atoms with van der Waals surface area (Å²) in [7, 11) is 3.35. The van der Waals surface area contributed by atoms with Crippen molar-refractivity contribution in [3.05, 3.63) is 11.9 Å². The SMILES string of the molecule is CCOCc1nc(N)cc(N(C)CC(=O)NC)n1. The Kier molecular flexibility index (Phi) is 5.31. The molecule has 0 spiro atoms. The summed E-state index contributed by atoms with van der Waals surface area (Å²) < 4.78 is 5.23. The molecule has 1 aromatic rings. The van der Waals surface area contributed by atoms with Gasteiger partial charge in [-0.1, -0.05) is 0 Å². The summed E-state index contributed by atoms with van der Waals surface area (Å²) >= 11 is 0. The number of ether oxygens (including phenoxy) is 1. The van der Waals surface area contributed by atoms with Crippen LogP contribution in [0.1, 0.15) is 12.7 Å². The fourth-order valence-electron chi connectivity index (χ4n) is 1.33. The standard InChI is InChI=1S/C11H19N5O2/c1-4-18-7-9-14-8(12)5-10(15-9)16(3)6-11(17)13-2/h5H,4,6-7H2,1-3H3,(H,13,17)(H2,12,14,15). The van der Waals surface area contributed by atoms with Gasteiger partial charge in [0.05, 0.1) is 6.54 Å². The van der Waals surface area contributed by atoms with Gasteiger partial charge in [-0.15, -0.1) is 0 Å². The molecule has 0 radical (unpaired) electrons. The van der Waals surface area contributed by atoms with E-state index in [-0.39, 0.29) is 12.5 Å². The molecule has 0 aliphatic heterocycles. The van der Waals surface area contributed by atoms with Crippen LogP contribution in [0.15, 0.2) is 6.07 Å². The number of anilines is 2. The molecule has 7 heteroatoms. The van der Waals surface area contributed by atoms with Crippen molar-refractivity contribution >= 4 is 17.5 Å². The van der Waals surface area contributed by atoms with E-state index in [0.717, 1.165) is 0 Å². The Hall–Kier alpha value is -1.89. The maximum atomic E-state index is 11.3. The summed E-state index contributed by atoms with van der Waals surface area (Å²) in [6.45, 7) is 3.00. The van der Waals surface area contributed by atoms with Crippen LogP contribution >= 0.6 is 0 Å². The van der Waals surface area contributed by atoms with Crippen molar-refractivity contribution < 1.29 is 9.53 Å². The average molecular weight is 253 g/mol. The van der Waals surface area contributed by atoms with Crippen molar-refractivity contribution in [1.82, 2.24) is 15.3 Å². The van der Waals surface area contributed by atoms with Gasteiger partial charge in [0.2, 0.25) is 5.91 Å². The van der Waals surface area contributed by atoms with Crippen molar-refractivity contribution in [1.29, 1.82) is 0 Å². The molecule has 1 aromatic heterocycles. The van der Waals surface area contributed by atoms with Gasteiger partial charge in [-0.3, -0.25) is 4.79 Å². The molecule has 0 saturated carbocycles. The third-order valence-electron chi connectivity index (χ3n) is 2.26. The second-order valence-corrected chi connectivity index (χ2v) is 3.73. The molecule has 0 bridgehead atoms. The Bertz CT molecular complexity index is 410. The van der Waals surface area contributed by atoms with E-state index in [1.165, 1.54) is 0 Å². The minimum Gasteiger partial charge on any atom is -0.384 e. The predicted molar refractivity (Wildman–Crippen MR) is 69.1 cm³/mol. The summed E-state index contributed by atoms with van der Waals surface area (Å²) in [4.78, 5) is 21.3. The highest BCUT2D eigenvalue weighted by atomic mass is 16.5. The summed E-state index contributed by atoms with van der Waals surface area (Å²) in [5.41, 5.74) is 5.70. The molecule has 0 saturated heterocycles. The quantitative estimate of drug-likeness (QED) is 0.728. The molecule has 7 nitrogen and oxygen atoms in total. The number of hydrogen-bond donors (Lipinski definition) is 2. The number of likely N-dealkylation sites (N-methyl/N-ethyl adjacent to an activating group) is 2. The first-order valence-corrected chi connectivity index (χ1v) is 5.69. The Morgan fingerprint density at radius 1 is 1.56 bits per heavy atom. The van der Waals surface area contributed by atoms with Crippen molar-refractivity contribution in [3.8, 4) is 0 Å². The fourth-order valence-corrected chi connectivity index (χ4v) is 1.33. The maximum absolute atomic E-state index is 11.3. The first-order valence-electron chi connectivity index (χ1n) is 5.69. The summed E-state index contributed by atoms with van der Waals surface area (Å²) in [5.74, 6) is 1.37. The van der Waals surface area contributed by atoms with Crippen LogP contribution in [-0.2, 0) is 16.1 Å². The highest BCUT2D eigenvalue weighted by Crippen LogP contribution is 2.12. The van der Waals surface area contributed by atoms with Crippen molar-refractivity contribution in [2.45, 2.75) is 13.5 Å². The Balaban J connectivity index is 2.80. The lowest BCUT2D eigenvalue weighted by molar-refractivity contribution is -0.119. The number of rotatable bonds is 6. The molecule has 0 aliphatic rings. The second-order valence-electron chi connectivity index (χ2n) is 3.73. The lowest BCUT2D eigenvalue weighted by Gasteiger charge is -2.17. The number of nitrogens with zero attached hydrogens (tertiary/aromatic N) is 3. The van der Waals surface area contributed by atoms with Gasteiger partial charge >= 0.3 is 0 Å². The zero-order valence-electron chi connectivity index (χ0n) is 10.9. The summed E-state index contributed by atoms with van der Waals surface area (Å²) in [6, 6.07) is 1.62. The first kappa shape index (κ1) is 14.2. The molecule has 0 unspecified atom stereocenters. The Labute approximate surface area is 106 Å². The number of amides is 1. The van der Waals surface area contributed by atoms with Crippen LogP contribution < -0.4 is 16.0 Å². The monoisotopic (exact) mass is 253 g/mol. The van der Waals surface area contributed by atoms with Gasteiger partial charge in [-0.25, -0.2) is 9.97 Å². The van der Waals surface area contributed by atoms with Gasteiger partial charge in [-0.05, 0) is 6.92 Å². The van der Waals surface area contributed by atoms with E-state index in [1.807, 2.05) is 6.92 Å². The molecular weight excluding hydrogens is 234 g/mol. The number of hydrogen-bond acceptors (Lipinski definition) is 6. The van der Waals surface area contributed by atoms with Crippen LogP contribution in [0.4, 0.5) is 11.6 Å². The third-order valence-corrected chi connectivity index (χ3v) is 2.26. The van der Waals surface area contributed by atoms with Gasteiger partial charge in [0.1, 0.15) is 18.2 Å². The molecule has 3 N–H and O–H groups in total.